The summed E-state index contributed by atoms with van der Waals surface area (Å²) in [6.45, 7) is 1.83. The number of fused-ring (bicyclic) bond motifs is 5. The summed E-state index contributed by atoms with van der Waals surface area (Å²) >= 11 is 0. The van der Waals surface area contributed by atoms with Gasteiger partial charge in [-0.2, -0.15) is 10.4 Å². The summed E-state index contributed by atoms with van der Waals surface area (Å²) in [4.78, 5) is 4.30. The van der Waals surface area contributed by atoms with Crippen molar-refractivity contribution in [3.63, 3.8) is 0 Å². The van der Waals surface area contributed by atoms with Gasteiger partial charge in [-0.3, -0.25) is 4.68 Å². The zero-order valence-corrected chi connectivity index (χ0v) is 18.1. The molecule has 1 spiro atoms. The molecule has 0 amide bonds. The SMILES string of the molecule is C[C@H]1Oc2cc(cnc2N)-c2c(nn(C)c2C#N)CCC2(CCC2)Oc2ccc(F)cc21. The molecule has 7 nitrogen and oxygen atoms in total. The van der Waals surface area contributed by atoms with Gasteiger partial charge in [-0.15, -0.1) is 0 Å². The van der Waals surface area contributed by atoms with Gasteiger partial charge >= 0.3 is 0 Å². The molecular formula is C24H24FN5O2. The van der Waals surface area contributed by atoms with Gasteiger partial charge in [0.1, 0.15) is 35.0 Å². The van der Waals surface area contributed by atoms with Crippen LogP contribution in [-0.2, 0) is 13.5 Å². The largest absolute Gasteiger partial charge is 0.487 e. The van der Waals surface area contributed by atoms with Crippen LogP contribution >= 0.6 is 0 Å². The first-order valence-electron chi connectivity index (χ1n) is 10.8. The van der Waals surface area contributed by atoms with Crippen LogP contribution in [0.25, 0.3) is 11.1 Å². The van der Waals surface area contributed by atoms with Gasteiger partial charge in [-0.25, -0.2) is 9.37 Å². The number of pyridine rings is 1. The third kappa shape index (κ3) is 3.34. The molecule has 1 atom stereocenters. The van der Waals surface area contributed by atoms with E-state index in [-0.39, 0.29) is 17.2 Å². The molecule has 3 heterocycles. The number of hydrogen-bond acceptors (Lipinski definition) is 6. The van der Waals surface area contributed by atoms with E-state index in [1.807, 2.05) is 6.92 Å². The van der Waals surface area contributed by atoms with Crippen molar-refractivity contribution in [2.45, 2.75) is 50.7 Å². The second kappa shape index (κ2) is 7.52. The van der Waals surface area contributed by atoms with Crippen LogP contribution in [0.2, 0.25) is 0 Å². The molecule has 32 heavy (non-hydrogen) atoms. The van der Waals surface area contributed by atoms with Crippen molar-refractivity contribution >= 4 is 5.82 Å². The number of hydrogen-bond donors (Lipinski definition) is 1. The van der Waals surface area contributed by atoms with E-state index in [0.717, 1.165) is 36.9 Å². The Kier molecular flexibility index (Phi) is 4.77. The first kappa shape index (κ1) is 20.3. The lowest BCUT2D eigenvalue weighted by Crippen LogP contribution is -2.44. The fourth-order valence-electron chi connectivity index (χ4n) is 4.61. The van der Waals surface area contributed by atoms with Gasteiger partial charge in [0.25, 0.3) is 0 Å². The Balaban J connectivity index is 1.69. The Labute approximate surface area is 185 Å². The Morgan fingerprint density at radius 2 is 2.06 bits per heavy atom. The number of ether oxygens (including phenoxy) is 2. The molecule has 1 aromatic carbocycles. The second-order valence-corrected chi connectivity index (χ2v) is 8.59. The normalized spacial score (nSPS) is 19.0. The number of anilines is 1. The average molecular weight is 433 g/mol. The summed E-state index contributed by atoms with van der Waals surface area (Å²) in [7, 11) is 1.76. The van der Waals surface area contributed by atoms with Crippen LogP contribution in [-0.4, -0.2) is 20.4 Å². The third-order valence-corrected chi connectivity index (χ3v) is 6.52. The van der Waals surface area contributed by atoms with Crippen LogP contribution in [0.5, 0.6) is 11.5 Å². The van der Waals surface area contributed by atoms with Crippen LogP contribution in [0.3, 0.4) is 0 Å². The second-order valence-electron chi connectivity index (χ2n) is 8.59. The molecule has 1 aliphatic carbocycles. The van der Waals surface area contributed by atoms with E-state index in [2.05, 4.69) is 16.2 Å². The summed E-state index contributed by atoms with van der Waals surface area (Å²) in [5, 5.41) is 14.4. The van der Waals surface area contributed by atoms with Crippen molar-refractivity contribution in [3.8, 4) is 28.7 Å². The lowest BCUT2D eigenvalue weighted by molar-refractivity contribution is -0.0166. The number of nitriles is 1. The van der Waals surface area contributed by atoms with Gasteiger partial charge in [0.2, 0.25) is 0 Å². The minimum Gasteiger partial charge on any atom is -0.487 e. The molecule has 1 fully saturated rings. The Morgan fingerprint density at radius 3 is 2.78 bits per heavy atom. The number of benzene rings is 1. The Hall–Kier alpha value is -3.60. The van der Waals surface area contributed by atoms with Crippen molar-refractivity contribution in [1.29, 1.82) is 5.26 Å². The molecule has 2 aromatic heterocycles. The van der Waals surface area contributed by atoms with E-state index >= 15 is 0 Å². The summed E-state index contributed by atoms with van der Waals surface area (Å²) in [6.07, 6.45) is 5.38. The predicted octanol–water partition coefficient (Wildman–Crippen LogP) is 4.46. The van der Waals surface area contributed by atoms with Crippen LogP contribution in [0, 0.1) is 17.1 Å². The molecule has 2 aliphatic rings. The number of nitrogen functional groups attached to an aromatic ring is 1. The monoisotopic (exact) mass is 433 g/mol. The van der Waals surface area contributed by atoms with Crippen LogP contribution in [0.1, 0.15) is 55.7 Å². The van der Waals surface area contributed by atoms with E-state index in [4.69, 9.17) is 15.2 Å². The number of aryl methyl sites for hydroxylation is 2. The number of halogens is 1. The van der Waals surface area contributed by atoms with Crippen LogP contribution < -0.4 is 15.2 Å². The van der Waals surface area contributed by atoms with E-state index in [0.29, 0.717) is 34.7 Å². The smallest absolute Gasteiger partial charge is 0.166 e. The van der Waals surface area contributed by atoms with Crippen molar-refractivity contribution in [3.05, 3.63) is 53.2 Å². The lowest BCUT2D eigenvalue weighted by atomic mass is 9.76. The summed E-state index contributed by atoms with van der Waals surface area (Å²) in [5.41, 5.74) is 9.08. The first-order chi connectivity index (χ1) is 15.4. The summed E-state index contributed by atoms with van der Waals surface area (Å²) in [5.74, 6) is 0.833. The van der Waals surface area contributed by atoms with Gasteiger partial charge in [-0.1, -0.05) is 0 Å². The van der Waals surface area contributed by atoms with Gasteiger partial charge < -0.3 is 15.2 Å². The van der Waals surface area contributed by atoms with Crippen molar-refractivity contribution in [2.24, 2.45) is 7.05 Å². The molecule has 5 rings (SSSR count). The molecule has 2 N–H and O–H groups in total. The molecule has 164 valence electrons. The minimum absolute atomic E-state index is 0.216. The van der Waals surface area contributed by atoms with E-state index in [9.17, 15) is 9.65 Å². The standard InChI is InChI=1S/C24H24FN5O2/c1-14-17-11-16(25)4-5-20(17)32-24(7-3-8-24)9-6-18-22(19(12-26)30(2)29-18)15-10-21(31-14)23(27)28-13-15/h4-5,10-11,13-14H,3,6-9H2,1-2H3,(H2,27,28)/t14-/m1/s1. The highest BCUT2D eigenvalue weighted by Gasteiger charge is 2.40. The topological polar surface area (TPSA) is 99.0 Å². The van der Waals surface area contributed by atoms with Gasteiger partial charge in [0.05, 0.1) is 5.69 Å². The number of rotatable bonds is 0. The Bertz CT molecular complexity index is 1240. The van der Waals surface area contributed by atoms with Crippen molar-refractivity contribution in [1.82, 2.24) is 14.8 Å². The molecule has 0 unspecified atom stereocenters. The molecule has 0 radical (unpaired) electrons. The van der Waals surface area contributed by atoms with E-state index in [1.165, 1.54) is 12.1 Å². The zero-order valence-electron chi connectivity index (χ0n) is 18.1. The molecule has 2 bridgehead atoms. The molecule has 1 saturated carbocycles. The first-order valence-corrected chi connectivity index (χ1v) is 10.8. The Morgan fingerprint density at radius 1 is 1.25 bits per heavy atom. The lowest BCUT2D eigenvalue weighted by Gasteiger charge is -2.42. The number of aromatic nitrogens is 3. The molecule has 8 heteroatoms. The van der Waals surface area contributed by atoms with Crippen molar-refractivity contribution < 1.29 is 13.9 Å². The molecular weight excluding hydrogens is 409 g/mol. The number of nitrogens with zero attached hydrogens (tertiary/aromatic N) is 4. The maximum atomic E-state index is 14.1. The maximum absolute atomic E-state index is 14.1. The predicted molar refractivity (Wildman–Crippen MR) is 117 cm³/mol. The summed E-state index contributed by atoms with van der Waals surface area (Å²) in [6, 6.07) is 8.55. The molecule has 3 aromatic rings. The highest BCUT2D eigenvalue weighted by molar-refractivity contribution is 5.73. The third-order valence-electron chi connectivity index (χ3n) is 6.52. The van der Waals surface area contributed by atoms with E-state index in [1.54, 1.807) is 30.1 Å². The fraction of sp³-hybridized carbons (Fsp3) is 0.375. The highest BCUT2D eigenvalue weighted by atomic mass is 19.1. The highest BCUT2D eigenvalue weighted by Crippen LogP contribution is 2.44. The van der Waals surface area contributed by atoms with Gasteiger partial charge in [-0.05, 0) is 63.3 Å². The fourth-order valence-corrected chi connectivity index (χ4v) is 4.61. The zero-order chi connectivity index (χ0) is 22.5. The maximum Gasteiger partial charge on any atom is 0.166 e. The summed E-state index contributed by atoms with van der Waals surface area (Å²) < 4.78 is 28.4. The van der Waals surface area contributed by atoms with Crippen molar-refractivity contribution in [2.75, 3.05) is 5.73 Å². The van der Waals surface area contributed by atoms with Crippen LogP contribution in [0.4, 0.5) is 10.2 Å². The molecule has 0 saturated heterocycles. The van der Waals surface area contributed by atoms with Gasteiger partial charge in [0.15, 0.2) is 11.6 Å². The quantitative estimate of drug-likeness (QED) is 0.562. The van der Waals surface area contributed by atoms with Crippen LogP contribution in [0.15, 0.2) is 30.5 Å². The molecule has 1 aliphatic heterocycles. The van der Waals surface area contributed by atoms with E-state index < -0.39 is 6.10 Å². The average Bonchev–Trinajstić information content (AvgIpc) is 3.07. The number of nitrogens with two attached hydrogens (primary N) is 1. The minimum atomic E-state index is -0.526. The van der Waals surface area contributed by atoms with Gasteiger partial charge in [0, 0.05) is 29.9 Å².